The maximum Gasteiger partial charge on any atom is 0.224 e. The number of amides is 1. The topological polar surface area (TPSA) is 62.1 Å². The molecule has 5 heteroatoms. The van der Waals surface area contributed by atoms with E-state index in [1.165, 1.54) is 18.2 Å². The maximum atomic E-state index is 13.2. The second-order valence-electron chi connectivity index (χ2n) is 4.93. The standard InChI is InChI=1S/C18H17FN2O2/c1-2-23-17-11-15(19)8-9-16(17)21-18(22)10-7-13-3-5-14(12-20)6-4-13/h3-6,8-9,11H,2,7,10H2,1H3,(H,21,22). The van der Waals surface area contributed by atoms with Gasteiger partial charge >= 0.3 is 0 Å². The monoisotopic (exact) mass is 312 g/mol. The average Bonchev–Trinajstić information content (AvgIpc) is 2.56. The summed E-state index contributed by atoms with van der Waals surface area (Å²) in [6, 6.07) is 13.2. The van der Waals surface area contributed by atoms with Crippen molar-refractivity contribution in [3.63, 3.8) is 0 Å². The summed E-state index contributed by atoms with van der Waals surface area (Å²) in [6.45, 7) is 2.18. The molecule has 0 bridgehead atoms. The normalized spacial score (nSPS) is 9.96. The lowest BCUT2D eigenvalue weighted by Gasteiger charge is -2.11. The van der Waals surface area contributed by atoms with Gasteiger partial charge in [0.2, 0.25) is 5.91 Å². The highest BCUT2D eigenvalue weighted by atomic mass is 19.1. The number of aryl methyl sites for hydroxylation is 1. The van der Waals surface area contributed by atoms with E-state index in [0.29, 0.717) is 30.0 Å². The van der Waals surface area contributed by atoms with Gasteiger partial charge in [-0.3, -0.25) is 4.79 Å². The van der Waals surface area contributed by atoms with Gasteiger partial charge in [0, 0.05) is 12.5 Å². The van der Waals surface area contributed by atoms with Crippen LogP contribution in [0.2, 0.25) is 0 Å². The van der Waals surface area contributed by atoms with E-state index in [9.17, 15) is 9.18 Å². The van der Waals surface area contributed by atoms with Gasteiger partial charge in [0.05, 0.1) is 23.9 Å². The fourth-order valence-corrected chi connectivity index (χ4v) is 2.09. The zero-order valence-corrected chi connectivity index (χ0v) is 12.8. The Kier molecular flexibility index (Phi) is 5.70. The lowest BCUT2D eigenvalue weighted by atomic mass is 10.1. The van der Waals surface area contributed by atoms with Crippen LogP contribution >= 0.6 is 0 Å². The van der Waals surface area contributed by atoms with Gasteiger partial charge in [0.1, 0.15) is 11.6 Å². The smallest absolute Gasteiger partial charge is 0.224 e. The molecule has 0 spiro atoms. The third-order valence-corrected chi connectivity index (χ3v) is 3.24. The molecule has 1 N–H and O–H groups in total. The van der Waals surface area contributed by atoms with E-state index >= 15 is 0 Å². The molecule has 2 aromatic carbocycles. The number of rotatable bonds is 6. The van der Waals surface area contributed by atoms with Crippen LogP contribution < -0.4 is 10.1 Å². The molecule has 0 radical (unpaired) electrons. The van der Waals surface area contributed by atoms with Crippen molar-refractivity contribution < 1.29 is 13.9 Å². The number of halogens is 1. The van der Waals surface area contributed by atoms with Crippen molar-refractivity contribution in [2.45, 2.75) is 19.8 Å². The Morgan fingerprint density at radius 2 is 2.00 bits per heavy atom. The van der Waals surface area contributed by atoms with Crippen molar-refractivity contribution in [3.8, 4) is 11.8 Å². The Morgan fingerprint density at radius 1 is 1.26 bits per heavy atom. The Hall–Kier alpha value is -2.87. The maximum absolute atomic E-state index is 13.2. The highest BCUT2D eigenvalue weighted by Gasteiger charge is 2.09. The number of nitriles is 1. The van der Waals surface area contributed by atoms with Crippen molar-refractivity contribution in [2.75, 3.05) is 11.9 Å². The summed E-state index contributed by atoms with van der Waals surface area (Å²) in [5.41, 5.74) is 2.02. The molecule has 4 nitrogen and oxygen atoms in total. The van der Waals surface area contributed by atoms with Crippen LogP contribution in [0.5, 0.6) is 5.75 Å². The van der Waals surface area contributed by atoms with Gasteiger partial charge in [0.15, 0.2) is 0 Å². The van der Waals surface area contributed by atoms with Gasteiger partial charge < -0.3 is 10.1 Å². The molecule has 23 heavy (non-hydrogen) atoms. The SMILES string of the molecule is CCOc1cc(F)ccc1NC(=O)CCc1ccc(C#N)cc1. The predicted molar refractivity (Wildman–Crippen MR) is 85.7 cm³/mol. The molecule has 0 aromatic heterocycles. The Balaban J connectivity index is 1.95. The molecular weight excluding hydrogens is 295 g/mol. The molecule has 0 atom stereocenters. The Labute approximate surface area is 134 Å². The van der Waals surface area contributed by atoms with Gasteiger partial charge in [-0.25, -0.2) is 4.39 Å². The van der Waals surface area contributed by atoms with Gasteiger partial charge in [-0.1, -0.05) is 12.1 Å². The molecule has 0 fully saturated rings. The van der Waals surface area contributed by atoms with E-state index in [2.05, 4.69) is 11.4 Å². The zero-order valence-electron chi connectivity index (χ0n) is 12.8. The molecule has 0 saturated heterocycles. The van der Waals surface area contributed by atoms with Gasteiger partial charge in [0.25, 0.3) is 0 Å². The van der Waals surface area contributed by atoms with Crippen molar-refractivity contribution in [2.24, 2.45) is 0 Å². The molecular formula is C18H17FN2O2. The van der Waals surface area contributed by atoms with Crippen LogP contribution in [-0.2, 0) is 11.2 Å². The molecule has 2 rings (SSSR count). The first-order valence-electron chi connectivity index (χ1n) is 7.33. The van der Waals surface area contributed by atoms with Crippen LogP contribution in [0, 0.1) is 17.1 Å². The van der Waals surface area contributed by atoms with Gasteiger partial charge in [-0.05, 0) is 43.2 Å². The van der Waals surface area contributed by atoms with E-state index < -0.39 is 5.82 Å². The van der Waals surface area contributed by atoms with Crippen LogP contribution in [-0.4, -0.2) is 12.5 Å². The van der Waals surface area contributed by atoms with E-state index in [1.807, 2.05) is 12.1 Å². The Morgan fingerprint density at radius 3 is 2.65 bits per heavy atom. The number of carbonyl (C=O) groups excluding carboxylic acids is 1. The first kappa shape index (κ1) is 16.5. The fraction of sp³-hybridized carbons (Fsp3) is 0.222. The van der Waals surface area contributed by atoms with Crippen LogP contribution in [0.3, 0.4) is 0 Å². The highest BCUT2D eigenvalue weighted by molar-refractivity contribution is 5.92. The summed E-state index contributed by atoms with van der Waals surface area (Å²) in [7, 11) is 0. The molecule has 0 aliphatic rings. The number of hydrogen-bond acceptors (Lipinski definition) is 3. The molecule has 1 amide bonds. The molecule has 0 heterocycles. The summed E-state index contributed by atoms with van der Waals surface area (Å²) >= 11 is 0. The minimum Gasteiger partial charge on any atom is -0.492 e. The van der Waals surface area contributed by atoms with Crippen molar-refractivity contribution in [1.82, 2.24) is 0 Å². The van der Waals surface area contributed by atoms with Crippen LogP contribution in [0.25, 0.3) is 0 Å². The fourth-order valence-electron chi connectivity index (χ4n) is 2.09. The van der Waals surface area contributed by atoms with Crippen LogP contribution in [0.1, 0.15) is 24.5 Å². The number of benzene rings is 2. The molecule has 0 saturated carbocycles. The third-order valence-electron chi connectivity index (χ3n) is 3.24. The second-order valence-corrected chi connectivity index (χ2v) is 4.93. The van der Waals surface area contributed by atoms with Crippen molar-refractivity contribution in [1.29, 1.82) is 5.26 Å². The molecule has 118 valence electrons. The lowest BCUT2D eigenvalue weighted by molar-refractivity contribution is -0.116. The average molecular weight is 312 g/mol. The van der Waals surface area contributed by atoms with Gasteiger partial charge in [-0.15, -0.1) is 0 Å². The first-order valence-corrected chi connectivity index (χ1v) is 7.33. The highest BCUT2D eigenvalue weighted by Crippen LogP contribution is 2.25. The van der Waals surface area contributed by atoms with E-state index in [-0.39, 0.29) is 12.3 Å². The Bertz CT molecular complexity index is 721. The molecule has 0 aliphatic heterocycles. The summed E-state index contributed by atoms with van der Waals surface area (Å²) in [5.74, 6) is -0.273. The quantitative estimate of drug-likeness (QED) is 0.885. The van der Waals surface area contributed by atoms with E-state index in [4.69, 9.17) is 10.00 Å². The number of hydrogen-bond donors (Lipinski definition) is 1. The summed E-state index contributed by atoms with van der Waals surface area (Å²) < 4.78 is 18.5. The number of nitrogens with one attached hydrogen (secondary N) is 1. The summed E-state index contributed by atoms with van der Waals surface area (Å²) in [6.07, 6.45) is 0.845. The summed E-state index contributed by atoms with van der Waals surface area (Å²) in [5, 5.41) is 11.5. The van der Waals surface area contributed by atoms with E-state index in [0.717, 1.165) is 5.56 Å². The van der Waals surface area contributed by atoms with Crippen LogP contribution in [0.15, 0.2) is 42.5 Å². The number of anilines is 1. The zero-order chi connectivity index (χ0) is 16.7. The van der Waals surface area contributed by atoms with E-state index in [1.54, 1.807) is 19.1 Å². The summed E-state index contributed by atoms with van der Waals surface area (Å²) in [4.78, 5) is 12.0. The molecule has 2 aromatic rings. The third kappa shape index (κ3) is 4.82. The van der Waals surface area contributed by atoms with Gasteiger partial charge in [-0.2, -0.15) is 5.26 Å². The minimum absolute atomic E-state index is 0.179. The van der Waals surface area contributed by atoms with Crippen molar-refractivity contribution >= 4 is 11.6 Å². The number of ether oxygens (including phenoxy) is 1. The lowest BCUT2D eigenvalue weighted by Crippen LogP contribution is -2.13. The number of nitrogens with zero attached hydrogens (tertiary/aromatic N) is 1. The molecule has 0 unspecified atom stereocenters. The van der Waals surface area contributed by atoms with Crippen molar-refractivity contribution in [3.05, 3.63) is 59.4 Å². The second kappa shape index (κ2) is 7.95. The largest absolute Gasteiger partial charge is 0.492 e. The first-order chi connectivity index (χ1) is 11.1. The predicted octanol–water partition coefficient (Wildman–Crippen LogP) is 3.67. The number of carbonyl (C=O) groups is 1. The molecule has 0 aliphatic carbocycles. The van der Waals surface area contributed by atoms with Crippen LogP contribution in [0.4, 0.5) is 10.1 Å². The minimum atomic E-state index is -0.413.